The van der Waals surface area contributed by atoms with Crippen LogP contribution in [-0.2, 0) is 13.0 Å². The second-order valence-corrected chi connectivity index (χ2v) is 6.03. The van der Waals surface area contributed by atoms with Gasteiger partial charge in [-0.1, -0.05) is 30.3 Å². The lowest BCUT2D eigenvalue weighted by Gasteiger charge is -2.13. The van der Waals surface area contributed by atoms with Crippen molar-refractivity contribution < 1.29 is 9.32 Å². The van der Waals surface area contributed by atoms with Crippen molar-refractivity contribution in [2.45, 2.75) is 19.9 Å². The van der Waals surface area contributed by atoms with Gasteiger partial charge in [-0.05, 0) is 23.9 Å². The van der Waals surface area contributed by atoms with Crippen LogP contribution in [0.1, 0.15) is 28.0 Å². The highest BCUT2D eigenvalue weighted by Gasteiger charge is 2.16. The van der Waals surface area contributed by atoms with E-state index in [-0.39, 0.29) is 5.91 Å². The summed E-state index contributed by atoms with van der Waals surface area (Å²) in [6.45, 7) is 2.45. The molecule has 3 aromatic rings. The molecule has 0 spiro atoms. The first kappa shape index (κ1) is 13.8. The van der Waals surface area contributed by atoms with Gasteiger partial charge in [-0.15, -0.1) is 11.3 Å². The van der Waals surface area contributed by atoms with Crippen LogP contribution >= 0.6 is 11.3 Å². The molecule has 2 heterocycles. The minimum absolute atomic E-state index is 0.00523. The lowest BCUT2D eigenvalue weighted by Crippen LogP contribution is -2.25. The Morgan fingerprint density at radius 2 is 2.14 bits per heavy atom. The van der Waals surface area contributed by atoms with E-state index in [2.05, 4.69) is 5.16 Å². The molecular weight excluding hydrogens is 284 g/mol. The number of rotatable bonds is 4. The quantitative estimate of drug-likeness (QED) is 0.737. The molecule has 0 aliphatic heterocycles. The van der Waals surface area contributed by atoms with Crippen molar-refractivity contribution in [3.63, 3.8) is 0 Å². The number of aromatic nitrogens is 1. The van der Waals surface area contributed by atoms with Crippen LogP contribution in [0.5, 0.6) is 0 Å². The summed E-state index contributed by atoms with van der Waals surface area (Å²) >= 11 is 1.52. The molecule has 0 atom stereocenters. The number of benzene rings is 1. The van der Waals surface area contributed by atoms with Crippen molar-refractivity contribution in [1.82, 2.24) is 10.1 Å². The van der Waals surface area contributed by atoms with E-state index in [4.69, 9.17) is 4.52 Å². The molecule has 1 amide bonds. The summed E-state index contributed by atoms with van der Waals surface area (Å²) in [4.78, 5) is 14.9. The first-order valence-electron chi connectivity index (χ1n) is 6.86. The third-order valence-corrected chi connectivity index (χ3v) is 4.45. The predicted octanol–water partition coefficient (Wildman–Crippen LogP) is 3.72. The van der Waals surface area contributed by atoms with Crippen molar-refractivity contribution in [3.8, 4) is 0 Å². The van der Waals surface area contributed by atoms with Gasteiger partial charge in [0.15, 0.2) is 5.76 Å². The number of fused-ring (bicyclic) bond motifs is 1. The molecule has 5 heteroatoms. The number of aryl methyl sites for hydroxylation is 1. The Morgan fingerprint density at radius 1 is 1.33 bits per heavy atom. The summed E-state index contributed by atoms with van der Waals surface area (Å²) in [5, 5.41) is 5.05. The third kappa shape index (κ3) is 2.83. The number of hydrogen-bond acceptors (Lipinski definition) is 4. The van der Waals surface area contributed by atoms with E-state index >= 15 is 0 Å². The van der Waals surface area contributed by atoms with Gasteiger partial charge in [-0.25, -0.2) is 0 Å². The van der Waals surface area contributed by atoms with Crippen LogP contribution in [0.4, 0.5) is 0 Å². The molecule has 0 fully saturated rings. The van der Waals surface area contributed by atoms with Crippen molar-refractivity contribution in [1.29, 1.82) is 0 Å². The maximum atomic E-state index is 12.5. The molecule has 21 heavy (non-hydrogen) atoms. The summed E-state index contributed by atoms with van der Waals surface area (Å²) in [7, 11) is 1.78. The van der Waals surface area contributed by atoms with Gasteiger partial charge in [0.25, 0.3) is 5.91 Å². The molecule has 0 aliphatic carbocycles. The van der Waals surface area contributed by atoms with E-state index in [1.54, 1.807) is 11.9 Å². The second kappa shape index (κ2) is 5.69. The van der Waals surface area contributed by atoms with Gasteiger partial charge in [-0.2, -0.15) is 0 Å². The molecule has 0 N–H and O–H groups in total. The van der Waals surface area contributed by atoms with Crippen molar-refractivity contribution in [3.05, 3.63) is 52.7 Å². The Bertz CT molecular complexity index is 742. The Labute approximate surface area is 127 Å². The van der Waals surface area contributed by atoms with Gasteiger partial charge in [0, 0.05) is 17.8 Å². The Hall–Kier alpha value is -2.14. The van der Waals surface area contributed by atoms with Crippen LogP contribution in [-0.4, -0.2) is 23.0 Å². The van der Waals surface area contributed by atoms with Crippen molar-refractivity contribution in [2.24, 2.45) is 0 Å². The summed E-state index contributed by atoms with van der Waals surface area (Å²) in [5.41, 5.74) is 0.910. The number of amides is 1. The molecule has 2 aromatic heterocycles. The Balaban J connectivity index is 1.77. The van der Waals surface area contributed by atoms with Gasteiger partial charge in [0.05, 0.1) is 17.1 Å². The fraction of sp³-hybridized carbons (Fsp3) is 0.250. The maximum absolute atomic E-state index is 12.5. The molecule has 4 nitrogen and oxygen atoms in total. The van der Waals surface area contributed by atoms with Crippen LogP contribution in [0.2, 0.25) is 0 Å². The van der Waals surface area contributed by atoms with Gasteiger partial charge >= 0.3 is 0 Å². The average Bonchev–Trinajstić information content (AvgIpc) is 3.12. The molecule has 108 valence electrons. The van der Waals surface area contributed by atoms with E-state index in [1.807, 2.05) is 43.3 Å². The summed E-state index contributed by atoms with van der Waals surface area (Å²) in [6, 6.07) is 11.9. The normalized spacial score (nSPS) is 11.0. The van der Waals surface area contributed by atoms with E-state index in [0.29, 0.717) is 12.3 Å². The topological polar surface area (TPSA) is 46.3 Å². The number of hydrogen-bond donors (Lipinski definition) is 0. The lowest BCUT2D eigenvalue weighted by atomic mass is 10.2. The minimum Gasteiger partial charge on any atom is -0.359 e. The largest absolute Gasteiger partial charge is 0.359 e. The van der Waals surface area contributed by atoms with Crippen molar-refractivity contribution >= 4 is 27.3 Å². The number of thiophene rings is 1. The lowest BCUT2D eigenvalue weighted by molar-refractivity contribution is 0.0777. The standard InChI is InChI=1S/C16H16N2O2S/c1-3-12-9-13(20-17-12)10-18(2)16(19)15-8-11-6-4-5-7-14(11)21-15/h4-9H,3,10H2,1-2H3. The molecule has 0 unspecified atom stereocenters. The van der Waals surface area contributed by atoms with Crippen LogP contribution in [0.15, 0.2) is 40.9 Å². The van der Waals surface area contributed by atoms with Crippen LogP contribution in [0.3, 0.4) is 0 Å². The molecule has 0 bridgehead atoms. The summed E-state index contributed by atoms with van der Waals surface area (Å²) in [6.07, 6.45) is 0.831. The maximum Gasteiger partial charge on any atom is 0.264 e. The van der Waals surface area contributed by atoms with Gasteiger partial charge in [0.2, 0.25) is 0 Å². The van der Waals surface area contributed by atoms with Crippen LogP contribution < -0.4 is 0 Å². The number of carbonyl (C=O) groups excluding carboxylic acids is 1. The van der Waals surface area contributed by atoms with E-state index in [1.165, 1.54) is 11.3 Å². The summed E-state index contributed by atoms with van der Waals surface area (Å²) in [5.74, 6) is 0.717. The highest BCUT2D eigenvalue weighted by molar-refractivity contribution is 7.20. The van der Waals surface area contributed by atoms with E-state index < -0.39 is 0 Å². The zero-order valence-corrected chi connectivity index (χ0v) is 12.8. The molecule has 0 saturated heterocycles. The monoisotopic (exact) mass is 300 g/mol. The SMILES string of the molecule is CCc1cc(CN(C)C(=O)c2cc3ccccc3s2)on1. The fourth-order valence-electron chi connectivity index (χ4n) is 2.18. The smallest absolute Gasteiger partial charge is 0.264 e. The Morgan fingerprint density at radius 3 is 2.86 bits per heavy atom. The fourth-order valence-corrected chi connectivity index (χ4v) is 3.24. The third-order valence-electron chi connectivity index (χ3n) is 3.35. The number of nitrogens with zero attached hydrogens (tertiary/aromatic N) is 2. The highest BCUT2D eigenvalue weighted by atomic mass is 32.1. The van der Waals surface area contributed by atoms with Crippen LogP contribution in [0, 0.1) is 0 Å². The Kier molecular flexibility index (Phi) is 3.75. The number of carbonyl (C=O) groups is 1. The molecule has 1 aromatic carbocycles. The first-order chi connectivity index (χ1) is 10.2. The minimum atomic E-state index is 0.00523. The zero-order valence-electron chi connectivity index (χ0n) is 12.0. The van der Waals surface area contributed by atoms with E-state index in [0.717, 1.165) is 27.1 Å². The van der Waals surface area contributed by atoms with Crippen LogP contribution in [0.25, 0.3) is 10.1 Å². The van der Waals surface area contributed by atoms with Gasteiger partial charge in [0.1, 0.15) is 0 Å². The predicted molar refractivity (Wildman–Crippen MR) is 83.5 cm³/mol. The van der Waals surface area contributed by atoms with Gasteiger partial charge < -0.3 is 9.42 Å². The zero-order chi connectivity index (χ0) is 14.8. The molecule has 3 rings (SSSR count). The molecule has 0 aliphatic rings. The van der Waals surface area contributed by atoms with Crippen molar-refractivity contribution in [2.75, 3.05) is 7.05 Å². The highest BCUT2D eigenvalue weighted by Crippen LogP contribution is 2.26. The molecule has 0 radical (unpaired) electrons. The summed E-state index contributed by atoms with van der Waals surface area (Å²) < 4.78 is 6.36. The van der Waals surface area contributed by atoms with Gasteiger partial charge in [-0.3, -0.25) is 4.79 Å². The molecular formula is C16H16N2O2S. The average molecular weight is 300 g/mol. The molecule has 0 saturated carbocycles. The first-order valence-corrected chi connectivity index (χ1v) is 7.67. The second-order valence-electron chi connectivity index (χ2n) is 4.95. The van der Waals surface area contributed by atoms with E-state index in [9.17, 15) is 4.79 Å².